The van der Waals surface area contributed by atoms with E-state index in [-0.39, 0.29) is 0 Å². The largest absolute Gasteiger partial charge is 0.310 e. The lowest BCUT2D eigenvalue weighted by atomic mass is 9.67. The van der Waals surface area contributed by atoms with Crippen LogP contribution >= 0.6 is 0 Å². The Labute approximate surface area is 542 Å². The minimum Gasteiger partial charge on any atom is -0.310 e. The number of hydrogen-bond donors (Lipinski definition) is 0. The van der Waals surface area contributed by atoms with Gasteiger partial charge in [-0.05, 0) is 210 Å². The van der Waals surface area contributed by atoms with Gasteiger partial charge < -0.3 is 19.6 Å². The quantitative estimate of drug-likeness (QED) is 0.108. The second-order valence-corrected chi connectivity index (χ2v) is 24.1. The Morgan fingerprint density at radius 2 is 0.376 bits per heavy atom. The van der Waals surface area contributed by atoms with E-state index >= 15 is 0 Å². The summed E-state index contributed by atoms with van der Waals surface area (Å²) < 4.78 is 0. The third-order valence-corrected chi connectivity index (χ3v) is 18.7. The normalized spacial score (nSPS) is 12.2. The molecule has 4 heteroatoms. The van der Waals surface area contributed by atoms with Crippen molar-refractivity contribution in [2.75, 3.05) is 19.6 Å². The molecule has 0 saturated carbocycles. The number of hydrogen-bond acceptors (Lipinski definition) is 4. The van der Waals surface area contributed by atoms with Crippen molar-refractivity contribution >= 4 is 111 Å². The summed E-state index contributed by atoms with van der Waals surface area (Å²) in [6.07, 6.45) is 0. The van der Waals surface area contributed by atoms with Gasteiger partial charge in [0.2, 0.25) is 0 Å². The monoisotopic (exact) mass is 1190 g/mol. The molecule has 1 aliphatic rings. The Kier molecular flexibility index (Phi) is 13.7. The van der Waals surface area contributed by atoms with Gasteiger partial charge in [0.05, 0.1) is 5.41 Å². The summed E-state index contributed by atoms with van der Waals surface area (Å²) >= 11 is 0. The van der Waals surface area contributed by atoms with Crippen LogP contribution in [0, 0.1) is 0 Å². The Morgan fingerprint density at radius 1 is 0.151 bits per heavy atom. The molecule has 0 atom stereocenters. The van der Waals surface area contributed by atoms with Crippen LogP contribution in [0.3, 0.4) is 0 Å². The number of nitrogens with zero attached hydrogens (tertiary/aromatic N) is 4. The van der Waals surface area contributed by atoms with E-state index in [9.17, 15) is 0 Å². The van der Waals surface area contributed by atoms with Crippen LogP contribution in [0.2, 0.25) is 0 Å². The van der Waals surface area contributed by atoms with Crippen LogP contribution in [-0.4, -0.2) is 0 Å². The van der Waals surface area contributed by atoms with E-state index in [1.807, 2.05) is 0 Å². The average molecular weight is 1190 g/mol. The summed E-state index contributed by atoms with van der Waals surface area (Å²) in [6, 6.07) is 139. The molecule has 0 N–H and O–H groups in total. The third kappa shape index (κ3) is 9.81. The lowest BCUT2D eigenvalue weighted by Crippen LogP contribution is -2.30. The molecule has 0 aliphatic heterocycles. The van der Waals surface area contributed by atoms with Crippen molar-refractivity contribution in [3.63, 3.8) is 0 Å². The standard InChI is InChI=1S/C89H62N4/c1-5-33-73(34-6-1)90(77-49-45-63-25-13-17-29-67(63)53-77)81-57-71(58-82(61-81)91(74-35-7-2-8-36-74)78-50-46-64-26-14-18-30-68(64)54-78)89(87-43-23-21-41-85(87)86-42-22-24-44-88(86)89)72-59-83(92(75-37-9-3-10-38-75)79-51-47-65-27-15-19-31-69(65)55-79)62-84(60-72)93(76-39-11-4-12-40-76)80-52-48-66-28-16-20-32-70(66)56-80/h1-62H. The maximum atomic E-state index is 2.50. The molecular formula is C89H62N4. The number of benzene rings is 16. The van der Waals surface area contributed by atoms with Gasteiger partial charge in [0.1, 0.15) is 0 Å². The van der Waals surface area contributed by atoms with E-state index in [0.29, 0.717) is 0 Å². The fraction of sp³-hybridized carbons (Fsp3) is 0.0112. The highest BCUT2D eigenvalue weighted by molar-refractivity contribution is 5.97. The van der Waals surface area contributed by atoms with Gasteiger partial charge in [0, 0.05) is 68.2 Å². The van der Waals surface area contributed by atoms with Crippen LogP contribution in [-0.2, 0) is 5.41 Å². The predicted octanol–water partition coefficient (Wildman–Crippen LogP) is 24.5. The molecule has 0 amide bonds. The molecule has 0 spiro atoms. The molecule has 0 fully saturated rings. The van der Waals surface area contributed by atoms with Crippen LogP contribution in [0.5, 0.6) is 0 Å². The molecular weight excluding hydrogens is 1130 g/mol. The van der Waals surface area contributed by atoms with Gasteiger partial charge in [0.15, 0.2) is 0 Å². The molecule has 0 heterocycles. The Balaban J connectivity index is 1.03. The first kappa shape index (κ1) is 54.9. The zero-order chi connectivity index (χ0) is 61.7. The predicted molar refractivity (Wildman–Crippen MR) is 393 cm³/mol. The summed E-state index contributed by atoms with van der Waals surface area (Å²) in [5.41, 5.74) is 18.4. The van der Waals surface area contributed by atoms with Crippen LogP contribution in [0.1, 0.15) is 22.3 Å². The minimum absolute atomic E-state index is 0.975. The van der Waals surface area contributed by atoms with Crippen molar-refractivity contribution < 1.29 is 0 Å². The summed E-state index contributed by atoms with van der Waals surface area (Å²) in [6.45, 7) is 0. The second kappa shape index (κ2) is 23.3. The topological polar surface area (TPSA) is 13.0 Å². The van der Waals surface area contributed by atoms with Crippen LogP contribution in [0.4, 0.5) is 68.2 Å². The summed E-state index contributed by atoms with van der Waals surface area (Å²) in [5.74, 6) is 0. The Bertz CT molecular complexity index is 4810. The third-order valence-electron chi connectivity index (χ3n) is 18.7. The van der Waals surface area contributed by atoms with Gasteiger partial charge >= 0.3 is 0 Å². The molecule has 0 bridgehead atoms. The highest BCUT2D eigenvalue weighted by Gasteiger charge is 2.47. The number of fused-ring (bicyclic) bond motifs is 7. The van der Waals surface area contributed by atoms with Crippen LogP contribution in [0.15, 0.2) is 376 Å². The number of anilines is 12. The van der Waals surface area contributed by atoms with Crippen molar-refractivity contribution in [2.24, 2.45) is 0 Å². The summed E-state index contributed by atoms with van der Waals surface area (Å²) in [4.78, 5) is 9.83. The zero-order valence-electron chi connectivity index (χ0n) is 51.1. The lowest BCUT2D eigenvalue weighted by molar-refractivity contribution is 0.768. The van der Waals surface area contributed by atoms with Gasteiger partial charge in [-0.2, -0.15) is 0 Å². The molecule has 0 radical (unpaired) electrons. The zero-order valence-corrected chi connectivity index (χ0v) is 51.1. The van der Waals surface area contributed by atoms with Crippen molar-refractivity contribution in [3.05, 3.63) is 398 Å². The van der Waals surface area contributed by atoms with Crippen molar-refractivity contribution in [1.82, 2.24) is 0 Å². The maximum Gasteiger partial charge on any atom is 0.0716 e. The highest BCUT2D eigenvalue weighted by Crippen LogP contribution is 2.59. The van der Waals surface area contributed by atoms with E-state index < -0.39 is 5.41 Å². The molecule has 0 unspecified atom stereocenters. The van der Waals surface area contributed by atoms with Crippen molar-refractivity contribution in [3.8, 4) is 11.1 Å². The smallest absolute Gasteiger partial charge is 0.0716 e. The Hall–Kier alpha value is -12.2. The summed E-state index contributed by atoms with van der Waals surface area (Å²) in [7, 11) is 0. The number of para-hydroxylation sites is 4. The first-order valence-electron chi connectivity index (χ1n) is 32.0. The minimum atomic E-state index is -0.975. The second-order valence-electron chi connectivity index (χ2n) is 24.1. The fourth-order valence-corrected chi connectivity index (χ4v) is 14.5. The van der Waals surface area contributed by atoms with Gasteiger partial charge in [-0.1, -0.05) is 243 Å². The molecule has 0 aromatic heterocycles. The molecule has 16 aromatic rings. The molecule has 16 aromatic carbocycles. The van der Waals surface area contributed by atoms with E-state index in [1.54, 1.807) is 0 Å². The summed E-state index contributed by atoms with van der Waals surface area (Å²) in [5, 5.41) is 9.40. The maximum absolute atomic E-state index is 2.50. The van der Waals surface area contributed by atoms with E-state index in [0.717, 1.165) is 101 Å². The van der Waals surface area contributed by atoms with Crippen LogP contribution < -0.4 is 19.6 Å². The SMILES string of the molecule is c1ccc(N(c2cc(N(c3ccccc3)c3ccc4ccccc4c3)cc(C3(c4cc(N(c5ccccc5)c5ccc6ccccc6c5)cc(N(c5ccccc5)c5ccc6ccccc6c5)c4)c4ccccc4-c4ccccc43)c2)c2ccc3ccccc3c2)cc1. The van der Waals surface area contributed by atoms with E-state index in [1.165, 1.54) is 43.8 Å². The molecule has 0 saturated heterocycles. The van der Waals surface area contributed by atoms with Gasteiger partial charge in [-0.3, -0.25) is 0 Å². The average Bonchev–Trinajstić information content (AvgIpc) is 1.57. The van der Waals surface area contributed by atoms with Crippen LogP contribution in [0.25, 0.3) is 54.2 Å². The fourth-order valence-electron chi connectivity index (χ4n) is 14.5. The Morgan fingerprint density at radius 3 is 0.645 bits per heavy atom. The molecule has 438 valence electrons. The van der Waals surface area contributed by atoms with Gasteiger partial charge in [-0.25, -0.2) is 0 Å². The highest BCUT2D eigenvalue weighted by atomic mass is 15.2. The lowest BCUT2D eigenvalue weighted by Gasteiger charge is -2.38. The van der Waals surface area contributed by atoms with Crippen molar-refractivity contribution in [2.45, 2.75) is 5.41 Å². The molecule has 17 rings (SSSR count). The number of rotatable bonds is 14. The van der Waals surface area contributed by atoms with Crippen molar-refractivity contribution in [1.29, 1.82) is 0 Å². The van der Waals surface area contributed by atoms with Gasteiger partial charge in [0.25, 0.3) is 0 Å². The first-order valence-corrected chi connectivity index (χ1v) is 32.0. The molecule has 93 heavy (non-hydrogen) atoms. The molecule has 4 nitrogen and oxygen atoms in total. The van der Waals surface area contributed by atoms with Gasteiger partial charge in [-0.15, -0.1) is 0 Å². The first-order chi connectivity index (χ1) is 46.1. The molecule has 1 aliphatic carbocycles. The van der Waals surface area contributed by atoms with E-state index in [4.69, 9.17) is 0 Å². The van der Waals surface area contributed by atoms with E-state index in [2.05, 4.69) is 396 Å².